The Morgan fingerprint density at radius 1 is 0.895 bits per heavy atom. The Morgan fingerprint density at radius 3 is 1.58 bits per heavy atom. The van der Waals surface area contributed by atoms with Crippen molar-refractivity contribution in [3.8, 4) is 0 Å². The minimum atomic E-state index is -3.15. The van der Waals surface area contributed by atoms with Gasteiger partial charge in [-0.3, -0.25) is 0 Å². The number of hydrogen-bond acceptors (Lipinski definition) is 6. The topological polar surface area (TPSA) is 86.7 Å². The van der Waals surface area contributed by atoms with Crippen LogP contribution in [0.25, 0.3) is 0 Å². The summed E-state index contributed by atoms with van der Waals surface area (Å²) in [6.45, 7) is 0. The van der Waals surface area contributed by atoms with Crippen LogP contribution in [0.3, 0.4) is 0 Å². The Morgan fingerprint density at radius 2 is 1.26 bits per heavy atom. The lowest BCUT2D eigenvalue weighted by molar-refractivity contribution is -0.139. The van der Waals surface area contributed by atoms with Gasteiger partial charge in [0.25, 0.3) is 0 Å². The SMILES string of the molecule is COC(=O)C1=C(C(=O)OC)CC2=C(C1)CS(=O)(=O)C2. The highest BCUT2D eigenvalue weighted by atomic mass is 32.2. The van der Waals surface area contributed by atoms with Crippen LogP contribution in [0.2, 0.25) is 0 Å². The third-order valence-corrected chi connectivity index (χ3v) is 4.87. The fraction of sp³-hybridized carbons (Fsp3) is 0.500. The number of esters is 2. The lowest BCUT2D eigenvalue weighted by atomic mass is 9.87. The summed E-state index contributed by atoms with van der Waals surface area (Å²) in [5.74, 6) is -1.32. The minimum absolute atomic E-state index is 0.0444. The number of sulfone groups is 1. The fourth-order valence-electron chi connectivity index (χ4n) is 2.42. The summed E-state index contributed by atoms with van der Waals surface area (Å²) < 4.78 is 32.5. The molecular weight excluding hydrogens is 272 g/mol. The van der Waals surface area contributed by atoms with Gasteiger partial charge in [-0.15, -0.1) is 0 Å². The summed E-state index contributed by atoms with van der Waals surface area (Å²) >= 11 is 0. The summed E-state index contributed by atoms with van der Waals surface area (Å²) in [4.78, 5) is 23.4. The van der Waals surface area contributed by atoms with E-state index < -0.39 is 21.8 Å². The number of hydrogen-bond donors (Lipinski definition) is 0. The summed E-state index contributed by atoms with van der Waals surface area (Å²) in [5, 5.41) is 0. The zero-order valence-corrected chi connectivity index (χ0v) is 11.5. The molecule has 6 nitrogen and oxygen atoms in total. The number of methoxy groups -OCH3 is 2. The van der Waals surface area contributed by atoms with E-state index in [0.29, 0.717) is 11.1 Å². The van der Waals surface area contributed by atoms with Crippen molar-refractivity contribution in [2.45, 2.75) is 12.8 Å². The van der Waals surface area contributed by atoms with Crippen LogP contribution < -0.4 is 0 Å². The molecule has 1 aliphatic carbocycles. The normalized spacial score (nSPS) is 21.2. The molecule has 19 heavy (non-hydrogen) atoms. The molecule has 0 radical (unpaired) electrons. The molecule has 104 valence electrons. The number of carbonyl (C=O) groups is 2. The molecule has 0 spiro atoms. The molecule has 0 atom stereocenters. The molecule has 7 heteroatoms. The van der Waals surface area contributed by atoms with E-state index in [2.05, 4.69) is 9.47 Å². The van der Waals surface area contributed by atoms with E-state index in [1.54, 1.807) is 0 Å². The predicted molar refractivity (Wildman–Crippen MR) is 66.0 cm³/mol. The van der Waals surface area contributed by atoms with E-state index in [1.165, 1.54) is 14.2 Å². The van der Waals surface area contributed by atoms with Gasteiger partial charge >= 0.3 is 11.9 Å². The van der Waals surface area contributed by atoms with Gasteiger partial charge in [0.15, 0.2) is 9.84 Å². The highest BCUT2D eigenvalue weighted by Crippen LogP contribution is 2.36. The molecule has 0 N–H and O–H groups in total. The Hall–Kier alpha value is -1.63. The van der Waals surface area contributed by atoms with E-state index >= 15 is 0 Å². The summed E-state index contributed by atoms with van der Waals surface area (Å²) in [7, 11) is -0.702. The van der Waals surface area contributed by atoms with Crippen molar-refractivity contribution in [1.29, 1.82) is 0 Å². The smallest absolute Gasteiger partial charge is 0.334 e. The number of carbonyl (C=O) groups excluding carboxylic acids is 2. The third kappa shape index (κ3) is 2.56. The van der Waals surface area contributed by atoms with Crippen LogP contribution >= 0.6 is 0 Å². The quantitative estimate of drug-likeness (QED) is 0.530. The van der Waals surface area contributed by atoms with Gasteiger partial charge in [-0.25, -0.2) is 18.0 Å². The van der Waals surface area contributed by atoms with Crippen LogP contribution in [0.5, 0.6) is 0 Å². The summed E-state index contributed by atoms with van der Waals surface area (Å²) in [5.41, 5.74) is 1.80. The van der Waals surface area contributed by atoms with Crippen molar-refractivity contribution in [2.24, 2.45) is 0 Å². The Labute approximate surface area is 111 Å². The molecule has 0 amide bonds. The fourth-order valence-corrected chi connectivity index (χ4v) is 4.19. The molecule has 0 unspecified atom stereocenters. The van der Waals surface area contributed by atoms with Crippen LogP contribution in [0.4, 0.5) is 0 Å². The molecule has 0 saturated heterocycles. The molecule has 2 rings (SSSR count). The zero-order chi connectivity index (χ0) is 14.2. The van der Waals surface area contributed by atoms with Crippen LogP contribution in [-0.4, -0.2) is 46.1 Å². The summed E-state index contributed by atoms with van der Waals surface area (Å²) in [6.07, 6.45) is 0.289. The predicted octanol–water partition coefficient (Wildman–Crippen LogP) is 0.148. The first-order valence-corrected chi connectivity index (χ1v) is 7.49. The van der Waals surface area contributed by atoms with Crippen molar-refractivity contribution in [1.82, 2.24) is 0 Å². The molecule has 2 aliphatic rings. The highest BCUT2D eigenvalue weighted by Gasteiger charge is 2.36. The Kier molecular flexibility index (Phi) is 3.49. The van der Waals surface area contributed by atoms with Crippen LogP contribution in [-0.2, 0) is 28.9 Å². The molecule has 0 aromatic carbocycles. The van der Waals surface area contributed by atoms with Gasteiger partial charge in [-0.1, -0.05) is 11.1 Å². The van der Waals surface area contributed by atoms with Crippen LogP contribution in [0, 0.1) is 0 Å². The van der Waals surface area contributed by atoms with E-state index in [9.17, 15) is 18.0 Å². The van der Waals surface area contributed by atoms with Crippen molar-refractivity contribution in [2.75, 3.05) is 25.7 Å². The second kappa shape index (κ2) is 4.80. The zero-order valence-electron chi connectivity index (χ0n) is 10.7. The van der Waals surface area contributed by atoms with Crippen LogP contribution in [0.1, 0.15) is 12.8 Å². The highest BCUT2D eigenvalue weighted by molar-refractivity contribution is 7.92. The summed E-state index contributed by atoms with van der Waals surface area (Å²) in [6, 6.07) is 0. The van der Waals surface area contributed by atoms with Gasteiger partial charge in [0, 0.05) is 12.8 Å². The average Bonchev–Trinajstić information content (AvgIpc) is 2.68. The van der Waals surface area contributed by atoms with Crippen molar-refractivity contribution >= 4 is 21.8 Å². The number of ether oxygens (including phenoxy) is 2. The average molecular weight is 286 g/mol. The lowest BCUT2D eigenvalue weighted by Gasteiger charge is -2.18. The lowest BCUT2D eigenvalue weighted by Crippen LogP contribution is -2.19. The second-order valence-electron chi connectivity index (χ2n) is 4.53. The molecular formula is C12H14O6S. The molecule has 1 heterocycles. The standard InChI is InChI=1S/C12H14O6S/c1-17-11(13)9-3-7-5-19(15,16)6-8(7)4-10(9)12(14)18-2/h3-6H2,1-2H3. The first-order valence-electron chi connectivity index (χ1n) is 5.66. The van der Waals surface area contributed by atoms with Crippen molar-refractivity contribution in [3.63, 3.8) is 0 Å². The molecule has 0 aromatic rings. The van der Waals surface area contributed by atoms with Gasteiger partial charge in [0.05, 0.1) is 36.9 Å². The van der Waals surface area contributed by atoms with E-state index in [1.807, 2.05) is 0 Å². The third-order valence-electron chi connectivity index (χ3n) is 3.30. The number of rotatable bonds is 2. The monoisotopic (exact) mass is 286 g/mol. The molecule has 0 fully saturated rings. The second-order valence-corrected chi connectivity index (χ2v) is 6.60. The van der Waals surface area contributed by atoms with Crippen molar-refractivity contribution in [3.05, 3.63) is 22.3 Å². The first kappa shape index (κ1) is 13.8. The molecule has 0 bridgehead atoms. The molecule has 1 aliphatic heterocycles. The minimum Gasteiger partial charge on any atom is -0.466 e. The largest absolute Gasteiger partial charge is 0.466 e. The Bertz CT molecular complexity index is 562. The van der Waals surface area contributed by atoms with Gasteiger partial charge in [-0.05, 0) is 0 Å². The maximum absolute atomic E-state index is 11.7. The first-order chi connectivity index (χ1) is 8.88. The van der Waals surface area contributed by atoms with Gasteiger partial charge in [0.1, 0.15) is 0 Å². The van der Waals surface area contributed by atoms with E-state index in [0.717, 1.165) is 0 Å². The maximum atomic E-state index is 11.7. The molecule has 0 aromatic heterocycles. The molecule has 0 saturated carbocycles. The van der Waals surface area contributed by atoms with E-state index in [-0.39, 0.29) is 35.5 Å². The van der Waals surface area contributed by atoms with Crippen molar-refractivity contribution < 1.29 is 27.5 Å². The van der Waals surface area contributed by atoms with Crippen LogP contribution in [0.15, 0.2) is 22.3 Å². The Balaban J connectivity index is 2.37. The maximum Gasteiger partial charge on any atom is 0.334 e. The van der Waals surface area contributed by atoms with E-state index in [4.69, 9.17) is 0 Å². The van der Waals surface area contributed by atoms with Gasteiger partial charge in [-0.2, -0.15) is 0 Å². The van der Waals surface area contributed by atoms with Gasteiger partial charge in [0.2, 0.25) is 0 Å². The van der Waals surface area contributed by atoms with Gasteiger partial charge < -0.3 is 9.47 Å².